The van der Waals surface area contributed by atoms with Gasteiger partial charge in [0.05, 0.1) is 29.2 Å². The van der Waals surface area contributed by atoms with Crippen LogP contribution < -0.4 is 14.4 Å². The molecule has 1 atom stereocenters. The third-order valence-corrected chi connectivity index (χ3v) is 6.55. The molecule has 2 aromatic carbocycles. The van der Waals surface area contributed by atoms with Gasteiger partial charge < -0.3 is 14.4 Å². The average molecular weight is 483 g/mol. The van der Waals surface area contributed by atoms with E-state index in [9.17, 15) is 26.4 Å². The van der Waals surface area contributed by atoms with Gasteiger partial charge in [0, 0.05) is 5.69 Å². The maximum Gasteiger partial charge on any atom is 0.416 e. The molecule has 1 aliphatic rings. The lowest BCUT2D eigenvalue weighted by Gasteiger charge is -2.35. The summed E-state index contributed by atoms with van der Waals surface area (Å²) >= 11 is 0. The Morgan fingerprint density at radius 2 is 1.91 bits per heavy atom. The number of alkyl halides is 3. The second-order valence-corrected chi connectivity index (χ2v) is 8.94. The van der Waals surface area contributed by atoms with Gasteiger partial charge in [-0.05, 0) is 36.4 Å². The van der Waals surface area contributed by atoms with Gasteiger partial charge in [0.1, 0.15) is 24.5 Å². The molecule has 1 aliphatic heterocycles. The average Bonchev–Trinajstić information content (AvgIpc) is 3.25. The van der Waals surface area contributed by atoms with Gasteiger partial charge in [-0.25, -0.2) is 13.2 Å². The number of ether oxygens (including phenoxy) is 1. The van der Waals surface area contributed by atoms with Crippen molar-refractivity contribution in [2.45, 2.75) is 23.7 Å². The molecule has 10 nitrogen and oxygen atoms in total. The molecular weight excluding hydrogens is 467 g/mol. The summed E-state index contributed by atoms with van der Waals surface area (Å²) in [6.07, 6.45) is -4.02. The van der Waals surface area contributed by atoms with Gasteiger partial charge in [0.2, 0.25) is 0 Å². The highest BCUT2D eigenvalue weighted by Crippen LogP contribution is 2.40. The normalized spacial score (nSPS) is 16.1. The minimum Gasteiger partial charge on any atom is -0.484 e. The van der Waals surface area contributed by atoms with Crippen molar-refractivity contribution in [1.82, 2.24) is 14.8 Å². The van der Waals surface area contributed by atoms with Crippen molar-refractivity contribution < 1.29 is 36.2 Å². The molecule has 14 heteroatoms. The van der Waals surface area contributed by atoms with Crippen LogP contribution in [0.3, 0.4) is 0 Å². The summed E-state index contributed by atoms with van der Waals surface area (Å²) in [6, 6.07) is 7.40. The van der Waals surface area contributed by atoms with Crippen molar-refractivity contribution in [3.05, 3.63) is 60.7 Å². The molecule has 1 unspecified atom stereocenters. The van der Waals surface area contributed by atoms with Crippen molar-refractivity contribution >= 4 is 27.5 Å². The summed E-state index contributed by atoms with van der Waals surface area (Å²) in [7, 11) is -4.48. The van der Waals surface area contributed by atoms with Crippen LogP contribution in [-0.2, 0) is 22.7 Å². The second kappa shape index (κ2) is 8.27. The Hall–Kier alpha value is -3.81. The van der Waals surface area contributed by atoms with Crippen LogP contribution in [0.4, 0.5) is 29.3 Å². The Kier molecular flexibility index (Phi) is 5.61. The summed E-state index contributed by atoms with van der Waals surface area (Å²) in [5, 5.41) is 18.4. The number of hydrogen-bond donors (Lipinski definition) is 2. The monoisotopic (exact) mass is 483 g/mol. The van der Waals surface area contributed by atoms with Crippen molar-refractivity contribution in [1.29, 1.82) is 0 Å². The van der Waals surface area contributed by atoms with E-state index in [1.165, 1.54) is 30.9 Å². The maximum absolute atomic E-state index is 13.4. The fourth-order valence-electron chi connectivity index (χ4n) is 3.35. The first kappa shape index (κ1) is 22.4. The van der Waals surface area contributed by atoms with Crippen LogP contribution in [0.25, 0.3) is 0 Å². The zero-order chi connectivity index (χ0) is 23.8. The molecule has 2 N–H and O–H groups in total. The number of halogens is 3. The van der Waals surface area contributed by atoms with Crippen LogP contribution in [0.1, 0.15) is 5.56 Å². The molecule has 0 aliphatic carbocycles. The van der Waals surface area contributed by atoms with E-state index < -0.39 is 38.9 Å². The summed E-state index contributed by atoms with van der Waals surface area (Å²) in [5.41, 5.74) is -1.07. The van der Waals surface area contributed by atoms with Crippen LogP contribution >= 0.6 is 0 Å². The quantitative estimate of drug-likeness (QED) is 0.571. The Labute approximate surface area is 185 Å². The predicted molar refractivity (Wildman–Crippen MR) is 109 cm³/mol. The molecule has 0 bridgehead atoms. The Morgan fingerprint density at radius 1 is 1.18 bits per heavy atom. The number of sulfonamides is 1. The molecule has 3 aromatic rings. The maximum atomic E-state index is 13.4. The second-order valence-electron chi connectivity index (χ2n) is 7.07. The number of anilines is 2. The summed E-state index contributed by atoms with van der Waals surface area (Å²) in [6.45, 7) is -0.0868. The van der Waals surface area contributed by atoms with Crippen LogP contribution in [-0.4, -0.2) is 47.0 Å². The number of nitrogens with one attached hydrogen (secondary N) is 1. The van der Waals surface area contributed by atoms with Crippen LogP contribution in [0.5, 0.6) is 5.75 Å². The fourth-order valence-corrected chi connectivity index (χ4v) is 4.89. The Balaban J connectivity index is 1.78. The van der Waals surface area contributed by atoms with Gasteiger partial charge >= 0.3 is 12.3 Å². The van der Waals surface area contributed by atoms with Gasteiger partial charge in [-0.1, -0.05) is 6.07 Å². The van der Waals surface area contributed by atoms with E-state index in [2.05, 4.69) is 15.5 Å². The van der Waals surface area contributed by atoms with Crippen LogP contribution in [0.2, 0.25) is 0 Å². The van der Waals surface area contributed by atoms with E-state index in [4.69, 9.17) is 9.84 Å². The predicted octanol–water partition coefficient (Wildman–Crippen LogP) is 3.04. The molecule has 174 valence electrons. The number of benzene rings is 2. The number of nitrogens with zero attached hydrogens (tertiary/aromatic N) is 4. The van der Waals surface area contributed by atoms with E-state index in [1.54, 1.807) is 4.57 Å². The largest absolute Gasteiger partial charge is 0.484 e. The number of fused-ring (bicyclic) bond motifs is 1. The third-order valence-electron chi connectivity index (χ3n) is 4.77. The Morgan fingerprint density at radius 3 is 2.58 bits per heavy atom. The highest BCUT2D eigenvalue weighted by atomic mass is 32.2. The number of carbonyl (C=O) groups is 1. The number of hydrogen-bond acceptors (Lipinski definition) is 6. The van der Waals surface area contributed by atoms with E-state index in [0.717, 1.165) is 22.5 Å². The molecule has 0 radical (unpaired) electrons. The van der Waals surface area contributed by atoms with Crippen molar-refractivity contribution in [2.75, 3.05) is 16.2 Å². The van der Waals surface area contributed by atoms with Gasteiger partial charge in [-0.2, -0.15) is 13.2 Å². The summed E-state index contributed by atoms with van der Waals surface area (Å²) < 4.78 is 74.8. The highest BCUT2D eigenvalue weighted by Gasteiger charge is 2.37. The number of amides is 1. The topological polar surface area (TPSA) is 127 Å². The fraction of sp³-hybridized carbons (Fsp3) is 0.211. The third kappa shape index (κ3) is 4.69. The van der Waals surface area contributed by atoms with E-state index in [-0.39, 0.29) is 30.2 Å². The van der Waals surface area contributed by atoms with E-state index >= 15 is 0 Å². The van der Waals surface area contributed by atoms with Crippen molar-refractivity contribution in [3.8, 4) is 5.75 Å². The first-order valence-electron chi connectivity index (χ1n) is 9.37. The smallest absolute Gasteiger partial charge is 0.416 e. The first-order chi connectivity index (χ1) is 15.5. The summed E-state index contributed by atoms with van der Waals surface area (Å²) in [4.78, 5) is 10.4. The van der Waals surface area contributed by atoms with Crippen molar-refractivity contribution in [2.24, 2.45) is 0 Å². The van der Waals surface area contributed by atoms with E-state index in [0.29, 0.717) is 6.07 Å². The summed E-state index contributed by atoms with van der Waals surface area (Å²) in [5.74, 6) is 0.116. The van der Waals surface area contributed by atoms with Gasteiger partial charge in [0.25, 0.3) is 10.0 Å². The minimum atomic E-state index is -4.73. The number of carboxylic acid groups (broad SMARTS) is 1. The lowest BCUT2D eigenvalue weighted by molar-refractivity contribution is -0.137. The molecular formula is C19H16F3N5O5S. The zero-order valence-electron chi connectivity index (χ0n) is 16.6. The number of rotatable bonds is 5. The van der Waals surface area contributed by atoms with Crippen molar-refractivity contribution in [3.63, 3.8) is 0 Å². The molecule has 0 saturated heterocycles. The van der Waals surface area contributed by atoms with E-state index in [1.807, 2.05) is 0 Å². The Bertz CT molecular complexity index is 1280. The molecule has 1 amide bonds. The first-order valence-corrected chi connectivity index (χ1v) is 10.8. The molecule has 33 heavy (non-hydrogen) atoms. The van der Waals surface area contributed by atoms with Gasteiger partial charge in [0.15, 0.2) is 0 Å². The lowest BCUT2D eigenvalue weighted by atomic mass is 10.2. The van der Waals surface area contributed by atoms with Crippen LogP contribution in [0, 0.1) is 0 Å². The molecule has 4 rings (SSSR count). The lowest BCUT2D eigenvalue weighted by Crippen LogP contribution is -2.45. The molecule has 0 saturated carbocycles. The highest BCUT2D eigenvalue weighted by molar-refractivity contribution is 7.92. The molecule has 0 fully saturated rings. The van der Waals surface area contributed by atoms with Crippen LogP contribution in [0.15, 0.2) is 60.0 Å². The van der Waals surface area contributed by atoms with Gasteiger partial charge in [-0.15, -0.1) is 10.2 Å². The van der Waals surface area contributed by atoms with Gasteiger partial charge in [-0.3, -0.25) is 9.62 Å². The minimum absolute atomic E-state index is 0.0151. The standard InChI is InChI=1S/C19H16F3N5O5S/c20-19(21,22)12-2-1-3-15(6-12)33(30,31)27-9-14(8-26-10-23-24-11-26)32-17-5-4-13(7-16(17)27)25-18(28)29/h1-7,10-11,14,25H,8-9H2,(H,28,29). The zero-order valence-corrected chi connectivity index (χ0v) is 17.4. The molecule has 1 aromatic heterocycles. The SMILES string of the molecule is O=C(O)Nc1ccc2c(c1)N(S(=O)(=O)c1cccc(C(F)(F)F)c1)CC(Cn1cnnc1)O2. The molecule has 0 spiro atoms. The number of aromatic nitrogens is 3. The molecule has 2 heterocycles.